The van der Waals surface area contributed by atoms with Gasteiger partial charge in [-0.2, -0.15) is 0 Å². The molecule has 0 unspecified atom stereocenters. The Morgan fingerprint density at radius 1 is 1.29 bits per heavy atom. The molecule has 0 fully saturated rings. The van der Waals surface area contributed by atoms with E-state index in [9.17, 15) is 14.4 Å². The van der Waals surface area contributed by atoms with Gasteiger partial charge in [0.2, 0.25) is 5.91 Å². The van der Waals surface area contributed by atoms with Crippen LogP contribution in [0.5, 0.6) is 0 Å². The third kappa shape index (κ3) is 4.86. The number of aliphatic imine (C=N–C) groups is 1. The number of rotatable bonds is 8. The fraction of sp³-hybridized carbons (Fsp3) is 0.333. The third-order valence-electron chi connectivity index (χ3n) is 4.28. The lowest BCUT2D eigenvalue weighted by Gasteiger charge is -2.17. The molecule has 0 saturated carbocycles. The van der Waals surface area contributed by atoms with Crippen LogP contribution in [-0.2, 0) is 4.79 Å². The highest BCUT2D eigenvalue weighted by Crippen LogP contribution is 2.22. The minimum Gasteiger partial charge on any atom is -0.421 e. The van der Waals surface area contributed by atoms with Crippen molar-refractivity contribution in [3.8, 4) is 0 Å². The summed E-state index contributed by atoms with van der Waals surface area (Å²) < 4.78 is 5.19. The first-order valence-corrected chi connectivity index (χ1v) is 8.66. The van der Waals surface area contributed by atoms with E-state index in [1.165, 1.54) is 6.07 Å². The first kappa shape index (κ1) is 20.9. The molecule has 2 aromatic rings. The average Bonchev–Trinajstić information content (AvgIpc) is 2.67. The van der Waals surface area contributed by atoms with Crippen LogP contribution in [0.15, 0.2) is 32.4 Å². The van der Waals surface area contributed by atoms with Crippen LogP contribution in [0, 0.1) is 6.92 Å². The van der Waals surface area contributed by atoms with E-state index >= 15 is 0 Å². The molecule has 1 aromatic heterocycles. The number of nitrogens with two attached hydrogens (primary N) is 4. The van der Waals surface area contributed by atoms with Gasteiger partial charge < -0.3 is 32.7 Å². The average molecular weight is 388 g/mol. The number of anilines is 1. The van der Waals surface area contributed by atoms with E-state index in [0.717, 1.165) is 0 Å². The predicted octanol–water partition coefficient (Wildman–Crippen LogP) is -0.637. The van der Waals surface area contributed by atoms with Crippen molar-refractivity contribution < 1.29 is 14.0 Å². The van der Waals surface area contributed by atoms with Crippen molar-refractivity contribution in [3.63, 3.8) is 0 Å². The van der Waals surface area contributed by atoms with Crippen LogP contribution < -0.4 is 33.9 Å². The molecule has 10 heteroatoms. The predicted molar refractivity (Wildman–Crippen MR) is 107 cm³/mol. The Labute approximate surface area is 160 Å². The van der Waals surface area contributed by atoms with E-state index in [1.54, 1.807) is 19.1 Å². The largest absolute Gasteiger partial charge is 0.421 e. The van der Waals surface area contributed by atoms with E-state index < -0.39 is 17.6 Å². The van der Waals surface area contributed by atoms with Gasteiger partial charge in [0.05, 0.1) is 12.6 Å². The number of nitrogens with zero attached hydrogens (tertiary/aromatic N) is 1. The zero-order chi connectivity index (χ0) is 20.8. The summed E-state index contributed by atoms with van der Waals surface area (Å²) in [6.45, 7) is 1.77. The molecule has 1 amide bonds. The van der Waals surface area contributed by atoms with Crippen LogP contribution in [0.4, 0.5) is 5.69 Å². The lowest BCUT2D eigenvalue weighted by molar-refractivity contribution is -0.120. The molecule has 0 aliphatic carbocycles. The zero-order valence-corrected chi connectivity index (χ0v) is 15.5. The maximum absolute atomic E-state index is 12.9. The van der Waals surface area contributed by atoms with Crippen molar-refractivity contribution in [2.45, 2.75) is 25.8 Å². The molecule has 0 saturated heterocycles. The summed E-state index contributed by atoms with van der Waals surface area (Å²) in [5.74, 6) is -0.852. The Bertz CT molecular complexity index is 978. The Kier molecular flexibility index (Phi) is 6.72. The summed E-state index contributed by atoms with van der Waals surface area (Å²) in [6, 6.07) is 3.89. The van der Waals surface area contributed by atoms with E-state index in [4.69, 9.17) is 27.4 Å². The molecule has 0 radical (unpaired) electrons. The first-order chi connectivity index (χ1) is 13.2. The summed E-state index contributed by atoms with van der Waals surface area (Å²) in [6.07, 6.45) is 0.779. The molecule has 0 aliphatic rings. The van der Waals surface area contributed by atoms with Gasteiger partial charge in [-0.1, -0.05) is 12.1 Å². The number of Topliss-reactive ketones (excluding diaryl/α,β-unsaturated/α-hetero) is 1. The van der Waals surface area contributed by atoms with Gasteiger partial charge in [-0.3, -0.25) is 14.6 Å². The minimum absolute atomic E-state index is 0.0272. The highest BCUT2D eigenvalue weighted by Gasteiger charge is 2.22. The SMILES string of the molecule is Cc1c(N)c(=O)oc2cc(C(=O)[C@H](CCCN=C(N)N)NC(=O)CN)ccc12. The standard InChI is InChI=1S/C18H24N6O4/c1-9-11-5-4-10(7-13(11)28-17(27)15(9)20)16(26)12(24-14(25)8-19)3-2-6-23-18(21)22/h4-5,7,12H,2-3,6,8,19-20H2,1H3,(H,24,25)(H4,21,22,23)/t12-/m0/s1. The van der Waals surface area contributed by atoms with E-state index in [0.29, 0.717) is 30.3 Å². The topological polar surface area (TPSA) is 193 Å². The van der Waals surface area contributed by atoms with Crippen LogP contribution in [0.2, 0.25) is 0 Å². The number of benzene rings is 1. The molecule has 1 atom stereocenters. The van der Waals surface area contributed by atoms with Crippen molar-refractivity contribution in [2.75, 3.05) is 18.8 Å². The molecule has 0 aliphatic heterocycles. The quantitative estimate of drug-likeness (QED) is 0.129. The number of nitrogen functional groups attached to an aromatic ring is 1. The summed E-state index contributed by atoms with van der Waals surface area (Å²) in [7, 11) is 0. The second kappa shape index (κ2) is 9.00. The number of guanidine groups is 1. The summed E-state index contributed by atoms with van der Waals surface area (Å²) in [4.78, 5) is 40.3. The maximum atomic E-state index is 12.9. The van der Waals surface area contributed by atoms with Gasteiger partial charge in [-0.15, -0.1) is 0 Å². The normalized spacial score (nSPS) is 11.8. The highest BCUT2D eigenvalue weighted by atomic mass is 16.4. The van der Waals surface area contributed by atoms with Gasteiger partial charge in [0.25, 0.3) is 0 Å². The molecule has 1 heterocycles. The Morgan fingerprint density at radius 2 is 2.00 bits per heavy atom. The smallest absolute Gasteiger partial charge is 0.359 e. The van der Waals surface area contributed by atoms with Crippen molar-refractivity contribution >= 4 is 34.3 Å². The fourth-order valence-corrected chi connectivity index (χ4v) is 2.75. The maximum Gasteiger partial charge on any atom is 0.359 e. The number of hydrogen-bond acceptors (Lipinski definition) is 7. The summed E-state index contributed by atoms with van der Waals surface area (Å²) >= 11 is 0. The van der Waals surface area contributed by atoms with Crippen LogP contribution in [-0.4, -0.2) is 36.8 Å². The van der Waals surface area contributed by atoms with Crippen LogP contribution in [0.25, 0.3) is 11.0 Å². The van der Waals surface area contributed by atoms with E-state index in [1.807, 2.05) is 0 Å². The second-order valence-corrected chi connectivity index (χ2v) is 6.28. The van der Waals surface area contributed by atoms with Crippen molar-refractivity contribution in [3.05, 3.63) is 39.7 Å². The number of carbonyl (C=O) groups excluding carboxylic acids is 2. The van der Waals surface area contributed by atoms with Gasteiger partial charge in [0.1, 0.15) is 11.3 Å². The molecule has 10 nitrogen and oxygen atoms in total. The molecule has 0 bridgehead atoms. The van der Waals surface area contributed by atoms with Crippen molar-refractivity contribution in [2.24, 2.45) is 22.2 Å². The van der Waals surface area contributed by atoms with Crippen molar-refractivity contribution in [1.82, 2.24) is 5.32 Å². The first-order valence-electron chi connectivity index (χ1n) is 8.66. The Balaban J connectivity index is 2.31. The lowest BCUT2D eigenvalue weighted by Crippen LogP contribution is -2.43. The zero-order valence-electron chi connectivity index (χ0n) is 15.5. The minimum atomic E-state index is -0.815. The molecular weight excluding hydrogens is 364 g/mol. The lowest BCUT2D eigenvalue weighted by atomic mass is 9.98. The number of nitrogens with one attached hydrogen (secondary N) is 1. The Morgan fingerprint density at radius 3 is 2.64 bits per heavy atom. The van der Waals surface area contributed by atoms with Gasteiger partial charge in [0, 0.05) is 17.5 Å². The van der Waals surface area contributed by atoms with Gasteiger partial charge in [-0.05, 0) is 31.4 Å². The van der Waals surface area contributed by atoms with E-state index in [-0.39, 0.29) is 35.1 Å². The van der Waals surface area contributed by atoms with Crippen LogP contribution in [0.1, 0.15) is 28.8 Å². The fourth-order valence-electron chi connectivity index (χ4n) is 2.75. The molecule has 1 aromatic carbocycles. The number of fused-ring (bicyclic) bond motifs is 1. The highest BCUT2D eigenvalue weighted by molar-refractivity contribution is 6.04. The van der Waals surface area contributed by atoms with Gasteiger partial charge in [-0.25, -0.2) is 4.79 Å². The molecule has 9 N–H and O–H groups in total. The van der Waals surface area contributed by atoms with Crippen molar-refractivity contribution in [1.29, 1.82) is 0 Å². The van der Waals surface area contributed by atoms with Crippen LogP contribution >= 0.6 is 0 Å². The van der Waals surface area contributed by atoms with Gasteiger partial charge >= 0.3 is 5.63 Å². The van der Waals surface area contributed by atoms with Crippen LogP contribution in [0.3, 0.4) is 0 Å². The molecule has 28 heavy (non-hydrogen) atoms. The molecule has 0 spiro atoms. The molecule has 150 valence electrons. The monoisotopic (exact) mass is 388 g/mol. The summed E-state index contributed by atoms with van der Waals surface area (Å²) in [5, 5.41) is 3.22. The number of carbonyl (C=O) groups is 2. The number of ketones is 1. The molecular formula is C18H24N6O4. The third-order valence-corrected chi connectivity index (χ3v) is 4.28. The number of aryl methyl sites for hydroxylation is 1. The Hall–Kier alpha value is -3.40. The summed E-state index contributed by atoms with van der Waals surface area (Å²) in [5.41, 5.74) is 22.1. The molecule has 2 rings (SSSR count). The van der Waals surface area contributed by atoms with E-state index in [2.05, 4.69) is 10.3 Å². The number of amides is 1. The number of hydrogen-bond donors (Lipinski definition) is 5. The van der Waals surface area contributed by atoms with Gasteiger partial charge in [0.15, 0.2) is 11.7 Å². The second-order valence-electron chi connectivity index (χ2n) is 6.28.